The van der Waals surface area contributed by atoms with Gasteiger partial charge in [0.15, 0.2) is 11.5 Å². The molecule has 0 aliphatic carbocycles. The van der Waals surface area contributed by atoms with E-state index in [-0.39, 0.29) is 5.75 Å². The van der Waals surface area contributed by atoms with Crippen molar-refractivity contribution in [2.24, 2.45) is 0 Å². The molecule has 40 heavy (non-hydrogen) atoms. The number of hydrogen-bond acceptors (Lipinski definition) is 4. The molecule has 3 nitrogen and oxygen atoms in total. The molecule has 0 unspecified atom stereocenters. The second-order valence-corrected chi connectivity index (χ2v) is 11.5. The lowest BCUT2D eigenvalue weighted by Gasteiger charge is -2.13. The van der Waals surface area contributed by atoms with E-state index in [1.165, 1.54) is 31.7 Å². The molecule has 0 amide bonds. The number of phenolic OH excluding ortho intramolecular Hbond substituents is 1. The quantitative estimate of drug-likeness (QED) is 0.196. The maximum atomic E-state index is 10.7. The largest absolute Gasteiger partial charge is 0.507 e. The van der Waals surface area contributed by atoms with Gasteiger partial charge in [0.2, 0.25) is 0 Å². The molecule has 0 aliphatic rings. The Labute approximate surface area is 246 Å². The maximum Gasteiger partial charge on any atom is 0.161 e. The number of ether oxygens (including phenoxy) is 2. The average Bonchev–Trinajstić information content (AvgIpc) is 3.35. The molecular formula is C35H27BrO3S. The molecule has 0 fully saturated rings. The first-order chi connectivity index (χ1) is 19.6. The van der Waals surface area contributed by atoms with Gasteiger partial charge in [0, 0.05) is 37.0 Å². The van der Waals surface area contributed by atoms with Gasteiger partial charge in [-0.2, -0.15) is 0 Å². The van der Waals surface area contributed by atoms with Crippen molar-refractivity contribution in [1.82, 2.24) is 0 Å². The predicted molar refractivity (Wildman–Crippen MR) is 170 cm³/mol. The second kappa shape index (κ2) is 11.2. The summed E-state index contributed by atoms with van der Waals surface area (Å²) in [7, 11) is 3.22. The Morgan fingerprint density at radius 2 is 1.38 bits per heavy atom. The zero-order chi connectivity index (χ0) is 27.6. The highest BCUT2D eigenvalue weighted by molar-refractivity contribution is 9.10. The normalized spacial score (nSPS) is 11.1. The van der Waals surface area contributed by atoms with E-state index in [0.29, 0.717) is 11.5 Å². The molecule has 198 valence electrons. The van der Waals surface area contributed by atoms with E-state index in [2.05, 4.69) is 88.7 Å². The third-order valence-electron chi connectivity index (χ3n) is 7.14. The minimum atomic E-state index is 0.210. The van der Waals surface area contributed by atoms with Gasteiger partial charge < -0.3 is 14.6 Å². The molecule has 0 spiro atoms. The Bertz CT molecular complexity index is 1820. The van der Waals surface area contributed by atoms with Crippen LogP contribution in [0.15, 0.2) is 114 Å². The number of aromatic hydroxyl groups is 1. The molecule has 6 aromatic rings. The summed E-state index contributed by atoms with van der Waals surface area (Å²) in [6.45, 7) is 0. The molecule has 0 bridgehead atoms. The zero-order valence-electron chi connectivity index (χ0n) is 22.1. The molecule has 5 aromatic carbocycles. The number of fused-ring (bicyclic) bond motifs is 1. The Morgan fingerprint density at radius 3 is 2.15 bits per heavy atom. The smallest absolute Gasteiger partial charge is 0.161 e. The van der Waals surface area contributed by atoms with Crippen LogP contribution in [-0.4, -0.2) is 19.3 Å². The fourth-order valence-electron chi connectivity index (χ4n) is 5.15. The fourth-order valence-corrected chi connectivity index (χ4v) is 6.98. The first kappa shape index (κ1) is 26.2. The minimum absolute atomic E-state index is 0.210. The van der Waals surface area contributed by atoms with Crippen LogP contribution < -0.4 is 9.47 Å². The number of phenols is 1. The van der Waals surface area contributed by atoms with Gasteiger partial charge in [-0.25, -0.2) is 0 Å². The Balaban J connectivity index is 1.41. The minimum Gasteiger partial charge on any atom is -0.507 e. The maximum absolute atomic E-state index is 10.7. The van der Waals surface area contributed by atoms with Crippen LogP contribution in [0.3, 0.4) is 0 Å². The van der Waals surface area contributed by atoms with Crippen LogP contribution >= 0.6 is 27.3 Å². The fraction of sp³-hybridized carbons (Fsp3) is 0.0857. The molecule has 0 saturated heterocycles. The summed E-state index contributed by atoms with van der Waals surface area (Å²) in [5.74, 6) is 1.47. The van der Waals surface area contributed by atoms with E-state index in [0.717, 1.165) is 33.1 Å². The summed E-state index contributed by atoms with van der Waals surface area (Å²) in [4.78, 5) is 1.35. The van der Waals surface area contributed by atoms with Gasteiger partial charge in [-0.1, -0.05) is 88.7 Å². The molecule has 0 atom stereocenters. The third kappa shape index (κ3) is 4.99. The zero-order valence-corrected chi connectivity index (χ0v) is 24.6. The second-order valence-electron chi connectivity index (χ2n) is 9.56. The van der Waals surface area contributed by atoms with Crippen molar-refractivity contribution in [1.29, 1.82) is 0 Å². The Morgan fingerprint density at radius 1 is 0.675 bits per heavy atom. The van der Waals surface area contributed by atoms with Crippen molar-refractivity contribution in [3.8, 4) is 50.6 Å². The van der Waals surface area contributed by atoms with Crippen molar-refractivity contribution in [3.05, 3.63) is 124 Å². The number of benzene rings is 5. The number of halogens is 1. The van der Waals surface area contributed by atoms with E-state index in [4.69, 9.17) is 9.47 Å². The van der Waals surface area contributed by atoms with Gasteiger partial charge in [0.1, 0.15) is 5.75 Å². The summed E-state index contributed by atoms with van der Waals surface area (Å²) >= 11 is 5.77. The van der Waals surface area contributed by atoms with E-state index < -0.39 is 0 Å². The topological polar surface area (TPSA) is 38.7 Å². The van der Waals surface area contributed by atoms with Crippen LogP contribution in [0.2, 0.25) is 0 Å². The summed E-state index contributed by atoms with van der Waals surface area (Å²) < 4.78 is 13.2. The van der Waals surface area contributed by atoms with Gasteiger partial charge in [-0.3, -0.25) is 0 Å². The SMILES string of the molecule is COc1ccc(-c2cc(-c3ccc(-c4c(Cc5ccccc5)sc5ccccc45)c(Br)c3)ccc2O)cc1OC. The number of rotatable bonds is 7. The number of thiophene rings is 1. The summed E-state index contributed by atoms with van der Waals surface area (Å²) in [5.41, 5.74) is 7.40. The molecule has 0 radical (unpaired) electrons. The molecule has 1 aromatic heterocycles. The molecule has 5 heteroatoms. The summed E-state index contributed by atoms with van der Waals surface area (Å²) in [6.07, 6.45) is 0.885. The Hall–Kier alpha value is -4.06. The van der Waals surface area contributed by atoms with Crippen molar-refractivity contribution in [2.45, 2.75) is 6.42 Å². The molecule has 0 aliphatic heterocycles. The van der Waals surface area contributed by atoms with Crippen LogP contribution in [0, 0.1) is 0 Å². The van der Waals surface area contributed by atoms with Gasteiger partial charge in [0.25, 0.3) is 0 Å². The van der Waals surface area contributed by atoms with Crippen molar-refractivity contribution < 1.29 is 14.6 Å². The molecular weight excluding hydrogens is 580 g/mol. The summed E-state index contributed by atoms with van der Waals surface area (Å²) in [5, 5.41) is 12.0. The standard InChI is InChI=1S/C35H27BrO3S/c1-38-31-17-14-25(21-32(31)39-2)28-19-23(13-16-30(28)37)24-12-15-26(29(36)20-24)35-27-10-6-7-11-33(27)40-34(35)18-22-8-4-3-5-9-22/h3-17,19-21,37H,18H2,1-2H3. The van der Waals surface area contributed by atoms with E-state index in [9.17, 15) is 5.11 Å². The van der Waals surface area contributed by atoms with Gasteiger partial charge in [0.05, 0.1) is 14.2 Å². The van der Waals surface area contributed by atoms with E-state index >= 15 is 0 Å². The lowest BCUT2D eigenvalue weighted by Crippen LogP contribution is -1.91. The highest BCUT2D eigenvalue weighted by Gasteiger charge is 2.18. The molecule has 6 rings (SSSR count). The first-order valence-corrected chi connectivity index (χ1v) is 14.6. The molecule has 1 N–H and O–H groups in total. The van der Waals surface area contributed by atoms with Gasteiger partial charge in [-0.05, 0) is 64.2 Å². The van der Waals surface area contributed by atoms with Crippen LogP contribution in [0.4, 0.5) is 0 Å². The van der Waals surface area contributed by atoms with Crippen molar-refractivity contribution in [2.75, 3.05) is 14.2 Å². The Kier molecular flexibility index (Phi) is 7.33. The van der Waals surface area contributed by atoms with Crippen LogP contribution in [-0.2, 0) is 6.42 Å². The highest BCUT2D eigenvalue weighted by atomic mass is 79.9. The lowest BCUT2D eigenvalue weighted by molar-refractivity contribution is 0.355. The van der Waals surface area contributed by atoms with Crippen molar-refractivity contribution >= 4 is 37.4 Å². The molecule has 0 saturated carbocycles. The first-order valence-electron chi connectivity index (χ1n) is 13.0. The van der Waals surface area contributed by atoms with E-state index in [1.807, 2.05) is 41.7 Å². The van der Waals surface area contributed by atoms with Crippen LogP contribution in [0.1, 0.15) is 10.4 Å². The highest BCUT2D eigenvalue weighted by Crippen LogP contribution is 2.44. The monoisotopic (exact) mass is 606 g/mol. The van der Waals surface area contributed by atoms with Crippen LogP contribution in [0.25, 0.3) is 43.5 Å². The van der Waals surface area contributed by atoms with Gasteiger partial charge in [-0.15, -0.1) is 11.3 Å². The lowest BCUT2D eigenvalue weighted by atomic mass is 9.95. The molecule has 1 heterocycles. The number of hydrogen-bond donors (Lipinski definition) is 1. The summed E-state index contributed by atoms with van der Waals surface area (Å²) in [6, 6.07) is 37.1. The van der Waals surface area contributed by atoms with Gasteiger partial charge >= 0.3 is 0 Å². The van der Waals surface area contributed by atoms with Crippen LogP contribution in [0.5, 0.6) is 17.2 Å². The third-order valence-corrected chi connectivity index (χ3v) is 8.97. The van der Waals surface area contributed by atoms with E-state index in [1.54, 1.807) is 20.3 Å². The van der Waals surface area contributed by atoms with Crippen molar-refractivity contribution in [3.63, 3.8) is 0 Å². The average molecular weight is 608 g/mol. The predicted octanol–water partition coefficient (Wildman–Crippen LogP) is 9.98. The number of methoxy groups -OCH3 is 2.